The van der Waals surface area contributed by atoms with Crippen molar-refractivity contribution in [3.8, 4) is 11.5 Å². The van der Waals surface area contributed by atoms with E-state index in [4.69, 9.17) is 16.3 Å². The van der Waals surface area contributed by atoms with Crippen LogP contribution in [-0.4, -0.2) is 7.05 Å². The van der Waals surface area contributed by atoms with Crippen molar-refractivity contribution >= 4 is 27.5 Å². The first-order valence-corrected chi connectivity index (χ1v) is 7.17. The monoisotopic (exact) mass is 339 g/mol. The van der Waals surface area contributed by atoms with Crippen molar-refractivity contribution in [2.75, 3.05) is 7.05 Å². The van der Waals surface area contributed by atoms with Gasteiger partial charge in [0.2, 0.25) is 0 Å². The quantitative estimate of drug-likeness (QED) is 0.828. The lowest BCUT2D eigenvalue weighted by Crippen LogP contribution is -2.13. The molecule has 0 aromatic heterocycles. The van der Waals surface area contributed by atoms with E-state index in [1.54, 1.807) is 6.07 Å². The van der Waals surface area contributed by atoms with Gasteiger partial charge in [0.1, 0.15) is 11.5 Å². The molecule has 0 aliphatic carbocycles. The summed E-state index contributed by atoms with van der Waals surface area (Å²) < 4.78 is 6.92. The summed E-state index contributed by atoms with van der Waals surface area (Å²) >= 11 is 9.44. The van der Waals surface area contributed by atoms with Crippen LogP contribution in [0.2, 0.25) is 5.02 Å². The van der Waals surface area contributed by atoms with Gasteiger partial charge in [-0.3, -0.25) is 0 Å². The maximum absolute atomic E-state index is 5.97. The number of ether oxygens (including phenoxy) is 1. The van der Waals surface area contributed by atoms with E-state index in [9.17, 15) is 0 Å². The van der Waals surface area contributed by atoms with Crippen LogP contribution in [0.15, 0.2) is 46.9 Å². The van der Waals surface area contributed by atoms with E-state index in [0.29, 0.717) is 5.02 Å². The third kappa shape index (κ3) is 3.72. The number of hydrogen-bond donors (Lipinski definition) is 1. The average molecular weight is 341 g/mol. The number of hydrogen-bond acceptors (Lipinski definition) is 2. The minimum absolute atomic E-state index is 0.210. The zero-order valence-electron chi connectivity index (χ0n) is 10.8. The van der Waals surface area contributed by atoms with E-state index in [2.05, 4.69) is 28.2 Å². The second-order valence-electron chi connectivity index (χ2n) is 4.25. The van der Waals surface area contributed by atoms with Crippen LogP contribution in [-0.2, 0) is 0 Å². The zero-order valence-corrected chi connectivity index (χ0v) is 13.1. The topological polar surface area (TPSA) is 21.3 Å². The van der Waals surface area contributed by atoms with Gasteiger partial charge in [-0.25, -0.2) is 0 Å². The van der Waals surface area contributed by atoms with Gasteiger partial charge in [0.15, 0.2) is 0 Å². The summed E-state index contributed by atoms with van der Waals surface area (Å²) in [5.41, 5.74) is 1.10. The molecule has 0 saturated carbocycles. The second-order valence-corrected chi connectivity index (χ2v) is 5.60. The molecular formula is C15H15BrClNO. The predicted molar refractivity (Wildman–Crippen MR) is 83.1 cm³/mol. The highest BCUT2D eigenvalue weighted by Gasteiger charge is 2.11. The van der Waals surface area contributed by atoms with Crippen LogP contribution in [0.4, 0.5) is 0 Å². The molecule has 0 aliphatic heterocycles. The molecule has 0 radical (unpaired) electrons. The molecule has 4 heteroatoms. The van der Waals surface area contributed by atoms with Crippen LogP contribution in [0.25, 0.3) is 0 Å². The molecule has 1 atom stereocenters. The van der Waals surface area contributed by atoms with E-state index in [0.717, 1.165) is 21.5 Å². The van der Waals surface area contributed by atoms with Crippen LogP contribution >= 0.6 is 27.5 Å². The van der Waals surface area contributed by atoms with E-state index < -0.39 is 0 Å². The van der Waals surface area contributed by atoms with E-state index in [-0.39, 0.29) is 6.04 Å². The fraction of sp³-hybridized carbons (Fsp3) is 0.200. The molecule has 19 heavy (non-hydrogen) atoms. The molecule has 0 heterocycles. The third-order valence-electron chi connectivity index (χ3n) is 2.90. The zero-order chi connectivity index (χ0) is 13.8. The maximum Gasteiger partial charge on any atom is 0.133 e. The summed E-state index contributed by atoms with van der Waals surface area (Å²) in [4.78, 5) is 0. The summed E-state index contributed by atoms with van der Waals surface area (Å²) in [5, 5.41) is 3.88. The summed E-state index contributed by atoms with van der Waals surface area (Å²) in [7, 11) is 1.93. The Balaban J connectivity index is 2.35. The summed E-state index contributed by atoms with van der Waals surface area (Å²) in [6.07, 6.45) is 0. The Kier molecular flexibility index (Phi) is 4.86. The Labute approximate surface area is 126 Å². The SMILES string of the molecule is CNC(C)c1ccc(Br)cc1Oc1cccc(Cl)c1. The molecule has 0 amide bonds. The number of benzene rings is 2. The normalized spacial score (nSPS) is 12.2. The maximum atomic E-state index is 5.97. The van der Waals surface area contributed by atoms with Crippen molar-refractivity contribution in [2.24, 2.45) is 0 Å². The van der Waals surface area contributed by atoms with Gasteiger partial charge in [-0.15, -0.1) is 0 Å². The van der Waals surface area contributed by atoms with Gasteiger partial charge >= 0.3 is 0 Å². The summed E-state index contributed by atoms with van der Waals surface area (Å²) in [5.74, 6) is 1.55. The molecule has 100 valence electrons. The van der Waals surface area contributed by atoms with Gasteiger partial charge in [0, 0.05) is 21.1 Å². The molecule has 2 rings (SSSR count). The van der Waals surface area contributed by atoms with Crippen molar-refractivity contribution in [3.63, 3.8) is 0 Å². The van der Waals surface area contributed by atoms with Gasteiger partial charge in [0.25, 0.3) is 0 Å². The fourth-order valence-electron chi connectivity index (χ4n) is 1.77. The average Bonchev–Trinajstić information content (AvgIpc) is 2.38. The van der Waals surface area contributed by atoms with E-state index >= 15 is 0 Å². The Bertz CT molecular complexity index is 574. The lowest BCUT2D eigenvalue weighted by molar-refractivity contribution is 0.466. The van der Waals surface area contributed by atoms with Crippen LogP contribution < -0.4 is 10.1 Å². The van der Waals surface area contributed by atoms with Crippen molar-refractivity contribution in [1.29, 1.82) is 0 Å². The Morgan fingerprint density at radius 2 is 2.00 bits per heavy atom. The number of nitrogens with one attached hydrogen (secondary N) is 1. The van der Waals surface area contributed by atoms with Crippen molar-refractivity contribution in [1.82, 2.24) is 5.32 Å². The van der Waals surface area contributed by atoms with Crippen LogP contribution in [0, 0.1) is 0 Å². The van der Waals surface area contributed by atoms with Gasteiger partial charge in [-0.2, -0.15) is 0 Å². The minimum Gasteiger partial charge on any atom is -0.457 e. The van der Waals surface area contributed by atoms with Crippen LogP contribution in [0.1, 0.15) is 18.5 Å². The first-order chi connectivity index (χ1) is 9.10. The highest BCUT2D eigenvalue weighted by Crippen LogP contribution is 2.32. The van der Waals surface area contributed by atoms with E-state index in [1.165, 1.54) is 0 Å². The summed E-state index contributed by atoms with van der Waals surface area (Å²) in [6, 6.07) is 13.6. The third-order valence-corrected chi connectivity index (χ3v) is 3.63. The Morgan fingerprint density at radius 3 is 2.68 bits per heavy atom. The minimum atomic E-state index is 0.210. The summed E-state index contributed by atoms with van der Waals surface area (Å²) in [6.45, 7) is 2.09. The molecule has 1 N–H and O–H groups in total. The fourth-order valence-corrected chi connectivity index (χ4v) is 2.29. The lowest BCUT2D eigenvalue weighted by Gasteiger charge is -2.16. The highest BCUT2D eigenvalue weighted by atomic mass is 79.9. The van der Waals surface area contributed by atoms with Gasteiger partial charge < -0.3 is 10.1 Å². The van der Waals surface area contributed by atoms with Crippen LogP contribution in [0.5, 0.6) is 11.5 Å². The van der Waals surface area contributed by atoms with Gasteiger partial charge in [0.05, 0.1) is 0 Å². The highest BCUT2D eigenvalue weighted by molar-refractivity contribution is 9.10. The van der Waals surface area contributed by atoms with Gasteiger partial charge in [-0.05, 0) is 44.3 Å². The van der Waals surface area contributed by atoms with E-state index in [1.807, 2.05) is 43.4 Å². The molecule has 0 fully saturated rings. The molecule has 1 unspecified atom stereocenters. The molecule has 0 spiro atoms. The number of rotatable bonds is 4. The number of halogens is 2. The Hall–Kier alpha value is -1.03. The molecule has 0 bridgehead atoms. The Morgan fingerprint density at radius 1 is 1.21 bits per heavy atom. The van der Waals surface area contributed by atoms with Crippen molar-refractivity contribution in [3.05, 3.63) is 57.5 Å². The van der Waals surface area contributed by atoms with Crippen molar-refractivity contribution in [2.45, 2.75) is 13.0 Å². The lowest BCUT2D eigenvalue weighted by atomic mass is 10.1. The first-order valence-electron chi connectivity index (χ1n) is 6.00. The smallest absolute Gasteiger partial charge is 0.133 e. The molecular weight excluding hydrogens is 326 g/mol. The standard InChI is InChI=1S/C15H15BrClNO/c1-10(18-2)14-7-6-11(16)8-15(14)19-13-5-3-4-12(17)9-13/h3-10,18H,1-2H3. The van der Waals surface area contributed by atoms with Crippen molar-refractivity contribution < 1.29 is 4.74 Å². The molecule has 2 aromatic carbocycles. The largest absolute Gasteiger partial charge is 0.457 e. The molecule has 0 saturated heterocycles. The molecule has 0 aliphatic rings. The van der Waals surface area contributed by atoms with Crippen LogP contribution in [0.3, 0.4) is 0 Å². The predicted octanol–water partition coefficient (Wildman–Crippen LogP) is 5.18. The second kappa shape index (κ2) is 6.42. The first kappa shape index (κ1) is 14.4. The van der Waals surface area contributed by atoms with Gasteiger partial charge in [-0.1, -0.05) is 39.7 Å². The molecule has 2 nitrogen and oxygen atoms in total. The molecule has 2 aromatic rings.